The van der Waals surface area contributed by atoms with Crippen LogP contribution in [0.5, 0.6) is 0 Å². The van der Waals surface area contributed by atoms with Gasteiger partial charge in [-0.2, -0.15) is 0 Å². The summed E-state index contributed by atoms with van der Waals surface area (Å²) in [5.74, 6) is -3.41. The summed E-state index contributed by atoms with van der Waals surface area (Å²) in [6.45, 7) is 2.10. The number of carboxylic acids is 2. The van der Waals surface area contributed by atoms with Gasteiger partial charge >= 0.3 is 11.9 Å². The first-order valence-electron chi connectivity index (χ1n) is 6.26. The quantitative estimate of drug-likeness (QED) is 0.412. The van der Waals surface area contributed by atoms with Gasteiger partial charge in [-0.1, -0.05) is 31.9 Å². The smallest absolute Gasteiger partial charge is 0.309 e. The summed E-state index contributed by atoms with van der Waals surface area (Å²) in [6.07, 6.45) is 6.07. The fraction of sp³-hybridized carbons (Fsp3) is 0.692. The molecule has 0 spiro atoms. The number of aliphatic hydroxyl groups excluding tert-OH is 1. The van der Waals surface area contributed by atoms with Crippen molar-refractivity contribution in [1.29, 1.82) is 0 Å². The van der Waals surface area contributed by atoms with E-state index in [9.17, 15) is 14.7 Å². The van der Waals surface area contributed by atoms with Gasteiger partial charge in [0.25, 0.3) is 0 Å². The van der Waals surface area contributed by atoms with Crippen molar-refractivity contribution in [1.82, 2.24) is 0 Å². The Morgan fingerprint density at radius 1 is 1.17 bits per heavy atom. The van der Waals surface area contributed by atoms with Crippen molar-refractivity contribution in [2.24, 2.45) is 5.92 Å². The normalized spacial score (nSPS) is 14.6. The molecule has 2 unspecified atom stereocenters. The van der Waals surface area contributed by atoms with E-state index in [1.807, 2.05) is 6.08 Å². The number of aliphatic hydroxyl groups is 1. The van der Waals surface area contributed by atoms with Gasteiger partial charge < -0.3 is 15.3 Å². The number of carbonyl (C=O) groups is 2. The zero-order chi connectivity index (χ0) is 14.0. The molecule has 0 aliphatic heterocycles. The van der Waals surface area contributed by atoms with Crippen LogP contribution < -0.4 is 0 Å². The molecule has 0 radical (unpaired) electrons. The fourth-order valence-electron chi connectivity index (χ4n) is 1.62. The molecule has 2 atom stereocenters. The summed E-state index contributed by atoms with van der Waals surface area (Å²) in [5.41, 5.74) is 0. The Morgan fingerprint density at radius 2 is 1.83 bits per heavy atom. The van der Waals surface area contributed by atoms with E-state index in [2.05, 4.69) is 6.92 Å². The lowest BCUT2D eigenvalue weighted by molar-refractivity contribution is -0.148. The van der Waals surface area contributed by atoms with Gasteiger partial charge in [0.1, 0.15) is 0 Å². The Hall–Kier alpha value is -1.36. The van der Waals surface area contributed by atoms with E-state index in [1.165, 1.54) is 0 Å². The lowest BCUT2D eigenvalue weighted by atomic mass is 9.96. The largest absolute Gasteiger partial charge is 0.481 e. The third-order valence-electron chi connectivity index (χ3n) is 2.70. The van der Waals surface area contributed by atoms with Crippen molar-refractivity contribution in [3.63, 3.8) is 0 Å². The highest BCUT2D eigenvalue weighted by Crippen LogP contribution is 2.14. The van der Waals surface area contributed by atoms with Crippen LogP contribution in [0.3, 0.4) is 0 Å². The minimum atomic E-state index is -1.35. The Labute approximate surface area is 107 Å². The minimum Gasteiger partial charge on any atom is -0.481 e. The minimum absolute atomic E-state index is 0.163. The average molecular weight is 258 g/mol. The Balaban J connectivity index is 4.12. The number of rotatable bonds is 10. The molecule has 0 aromatic carbocycles. The first-order chi connectivity index (χ1) is 8.49. The van der Waals surface area contributed by atoms with E-state index in [0.29, 0.717) is 0 Å². The zero-order valence-electron chi connectivity index (χ0n) is 10.7. The molecular formula is C13H22O5. The summed E-state index contributed by atoms with van der Waals surface area (Å²) < 4.78 is 0. The van der Waals surface area contributed by atoms with E-state index >= 15 is 0 Å². The van der Waals surface area contributed by atoms with E-state index in [1.54, 1.807) is 6.08 Å². The molecule has 0 rings (SSSR count). The van der Waals surface area contributed by atoms with Crippen LogP contribution in [0.25, 0.3) is 0 Å². The lowest BCUT2D eigenvalue weighted by Crippen LogP contribution is -2.29. The highest BCUT2D eigenvalue weighted by molar-refractivity contribution is 5.73. The molecule has 5 heteroatoms. The topological polar surface area (TPSA) is 94.8 Å². The van der Waals surface area contributed by atoms with Gasteiger partial charge in [-0.3, -0.25) is 9.59 Å². The van der Waals surface area contributed by atoms with Crippen LogP contribution in [0, 0.1) is 5.92 Å². The fourth-order valence-corrected chi connectivity index (χ4v) is 1.62. The van der Waals surface area contributed by atoms with E-state index in [4.69, 9.17) is 10.2 Å². The molecule has 3 N–H and O–H groups in total. The molecule has 5 nitrogen and oxygen atoms in total. The summed E-state index contributed by atoms with van der Waals surface area (Å²) in [5, 5.41) is 26.9. The monoisotopic (exact) mass is 258 g/mol. The SMILES string of the molecule is CCCCC/C=C\CC(C(=O)O)C(O)CC(=O)O. The van der Waals surface area contributed by atoms with E-state index < -0.39 is 30.4 Å². The van der Waals surface area contributed by atoms with Crippen molar-refractivity contribution in [2.45, 2.75) is 51.6 Å². The molecular weight excluding hydrogens is 236 g/mol. The second-order valence-corrected chi connectivity index (χ2v) is 4.31. The molecule has 0 aliphatic rings. The van der Waals surface area contributed by atoms with Crippen LogP contribution in [0.15, 0.2) is 12.2 Å². The van der Waals surface area contributed by atoms with Gasteiger partial charge in [-0.15, -0.1) is 0 Å². The predicted molar refractivity (Wildman–Crippen MR) is 67.3 cm³/mol. The van der Waals surface area contributed by atoms with Gasteiger partial charge in [0.15, 0.2) is 0 Å². The lowest BCUT2D eigenvalue weighted by Gasteiger charge is -2.15. The van der Waals surface area contributed by atoms with E-state index in [0.717, 1.165) is 25.7 Å². The summed E-state index contributed by atoms with van der Waals surface area (Å²) >= 11 is 0. The number of aliphatic carboxylic acids is 2. The molecule has 0 heterocycles. The van der Waals surface area contributed by atoms with Crippen LogP contribution in [0.4, 0.5) is 0 Å². The van der Waals surface area contributed by atoms with Crippen LogP contribution in [-0.4, -0.2) is 33.4 Å². The zero-order valence-corrected chi connectivity index (χ0v) is 10.7. The highest BCUT2D eigenvalue weighted by Gasteiger charge is 2.26. The van der Waals surface area contributed by atoms with Gasteiger partial charge in [0.05, 0.1) is 18.4 Å². The molecule has 0 bridgehead atoms. The first-order valence-corrected chi connectivity index (χ1v) is 6.26. The van der Waals surface area contributed by atoms with Gasteiger partial charge in [0, 0.05) is 0 Å². The highest BCUT2D eigenvalue weighted by atomic mass is 16.4. The molecule has 0 aromatic rings. The van der Waals surface area contributed by atoms with Crippen LogP contribution in [0.2, 0.25) is 0 Å². The first kappa shape index (κ1) is 16.6. The number of hydrogen-bond acceptors (Lipinski definition) is 3. The second kappa shape index (κ2) is 9.65. The molecule has 0 aliphatic carbocycles. The molecule has 104 valence electrons. The standard InChI is InChI=1S/C13H22O5/c1-2-3-4-5-6-7-8-10(13(17)18)11(14)9-12(15)16/h6-7,10-11,14H,2-5,8-9H2,1H3,(H,15,16)(H,17,18)/b7-6-. The summed E-state index contributed by atoms with van der Waals surface area (Å²) in [7, 11) is 0. The Kier molecular flexibility index (Phi) is 8.92. The molecule has 0 saturated carbocycles. The van der Waals surface area contributed by atoms with Crippen LogP contribution in [0.1, 0.15) is 45.4 Å². The number of unbranched alkanes of at least 4 members (excludes halogenated alkanes) is 3. The van der Waals surface area contributed by atoms with Crippen molar-refractivity contribution < 1.29 is 24.9 Å². The molecule has 0 saturated heterocycles. The van der Waals surface area contributed by atoms with Crippen molar-refractivity contribution in [3.8, 4) is 0 Å². The van der Waals surface area contributed by atoms with Crippen molar-refractivity contribution in [2.75, 3.05) is 0 Å². The Bertz CT molecular complexity index is 285. The molecule has 0 fully saturated rings. The number of allylic oxidation sites excluding steroid dienone is 2. The molecule has 0 amide bonds. The Morgan fingerprint density at radius 3 is 2.33 bits per heavy atom. The summed E-state index contributed by atoms with van der Waals surface area (Å²) in [6, 6.07) is 0. The predicted octanol–water partition coefficient (Wildman–Crippen LogP) is 2.05. The molecule has 0 aromatic heterocycles. The average Bonchev–Trinajstić information content (AvgIpc) is 2.26. The van der Waals surface area contributed by atoms with E-state index in [-0.39, 0.29) is 6.42 Å². The summed E-state index contributed by atoms with van der Waals surface area (Å²) in [4.78, 5) is 21.3. The molecule has 18 heavy (non-hydrogen) atoms. The maximum absolute atomic E-state index is 10.9. The third kappa shape index (κ3) is 7.84. The van der Waals surface area contributed by atoms with Crippen molar-refractivity contribution in [3.05, 3.63) is 12.2 Å². The van der Waals surface area contributed by atoms with Crippen LogP contribution >= 0.6 is 0 Å². The maximum atomic E-state index is 10.9. The van der Waals surface area contributed by atoms with Gasteiger partial charge in [0.2, 0.25) is 0 Å². The maximum Gasteiger partial charge on any atom is 0.309 e. The number of carboxylic acid groups (broad SMARTS) is 2. The second-order valence-electron chi connectivity index (χ2n) is 4.31. The van der Waals surface area contributed by atoms with Gasteiger partial charge in [-0.05, 0) is 19.3 Å². The van der Waals surface area contributed by atoms with Crippen LogP contribution in [-0.2, 0) is 9.59 Å². The van der Waals surface area contributed by atoms with Crippen molar-refractivity contribution >= 4 is 11.9 Å². The number of hydrogen-bond donors (Lipinski definition) is 3. The van der Waals surface area contributed by atoms with Gasteiger partial charge in [-0.25, -0.2) is 0 Å². The third-order valence-corrected chi connectivity index (χ3v) is 2.70.